The number of nitrogens with zero attached hydrogens (tertiary/aromatic N) is 1. The lowest BCUT2D eigenvalue weighted by molar-refractivity contribution is -0.124. The zero-order chi connectivity index (χ0) is 9.35. The van der Waals surface area contributed by atoms with Crippen molar-refractivity contribution in [2.75, 3.05) is 5.21 Å². The Morgan fingerprint density at radius 2 is 2.25 bits per heavy atom. The number of carbonyl (C=O) groups excluding carboxylic acids is 1. The van der Waals surface area contributed by atoms with Gasteiger partial charge in [-0.3, -0.25) is 4.79 Å². The van der Waals surface area contributed by atoms with E-state index in [0.29, 0.717) is 12.8 Å². The van der Waals surface area contributed by atoms with Gasteiger partial charge >= 0.3 is 0 Å². The molecule has 1 rings (SSSR count). The summed E-state index contributed by atoms with van der Waals surface area (Å²) in [7, 11) is -3.55. The van der Waals surface area contributed by atoms with Crippen molar-refractivity contribution < 1.29 is 13.2 Å². The van der Waals surface area contributed by atoms with E-state index >= 15 is 0 Å². The summed E-state index contributed by atoms with van der Waals surface area (Å²) in [5.74, 6) is -0.344. The lowest BCUT2D eigenvalue weighted by Crippen LogP contribution is -2.37. The van der Waals surface area contributed by atoms with Gasteiger partial charge in [0.15, 0.2) is 0 Å². The molecule has 0 radical (unpaired) electrons. The summed E-state index contributed by atoms with van der Waals surface area (Å²) >= 11 is 5.22. The van der Waals surface area contributed by atoms with Crippen molar-refractivity contribution >= 4 is 27.5 Å². The highest BCUT2D eigenvalue weighted by atomic mass is 35.5. The van der Waals surface area contributed by atoms with Crippen LogP contribution in [-0.4, -0.2) is 29.9 Å². The zero-order valence-electron chi connectivity index (χ0n) is 6.66. The molecular formula is C6H10ClNO3S. The third kappa shape index (κ3) is 1.56. The Bertz CT molecular complexity index is 287. The number of sulfonamides is 1. The van der Waals surface area contributed by atoms with Crippen molar-refractivity contribution in [3.63, 3.8) is 0 Å². The average molecular weight is 212 g/mol. The maximum absolute atomic E-state index is 11.2. The molecule has 1 atom stereocenters. The fraction of sp³-hybridized carbons (Fsp3) is 0.833. The van der Waals surface area contributed by atoms with E-state index in [1.165, 1.54) is 0 Å². The van der Waals surface area contributed by atoms with E-state index < -0.39 is 15.2 Å². The molecule has 0 aromatic heterocycles. The van der Waals surface area contributed by atoms with Crippen LogP contribution in [0.5, 0.6) is 0 Å². The minimum absolute atomic E-state index is 0.235. The smallest absolute Gasteiger partial charge is 0.251 e. The molecule has 1 heterocycles. The van der Waals surface area contributed by atoms with Gasteiger partial charge in [-0.1, -0.05) is 0 Å². The third-order valence-electron chi connectivity index (χ3n) is 1.86. The van der Waals surface area contributed by atoms with Gasteiger partial charge in [0.25, 0.3) is 10.0 Å². The molecule has 4 nitrogen and oxygen atoms in total. The Kier molecular flexibility index (Phi) is 2.63. The van der Waals surface area contributed by atoms with Gasteiger partial charge < -0.3 is 0 Å². The van der Waals surface area contributed by atoms with E-state index in [1.54, 1.807) is 6.92 Å². The van der Waals surface area contributed by atoms with Crippen molar-refractivity contribution in [3.8, 4) is 0 Å². The molecule has 0 bridgehead atoms. The van der Waals surface area contributed by atoms with Gasteiger partial charge in [0.05, 0.1) is 0 Å². The summed E-state index contributed by atoms with van der Waals surface area (Å²) in [5, 5.41) is -0.525. The fourth-order valence-corrected chi connectivity index (χ4v) is 2.76. The summed E-state index contributed by atoms with van der Waals surface area (Å²) in [6.45, 7) is 1.70. The first-order chi connectivity index (χ1) is 5.49. The zero-order valence-corrected chi connectivity index (χ0v) is 8.23. The summed E-state index contributed by atoms with van der Waals surface area (Å²) in [5.41, 5.74) is 0. The fourth-order valence-electron chi connectivity index (χ4n) is 1.29. The molecule has 0 aromatic rings. The van der Waals surface area contributed by atoms with Crippen molar-refractivity contribution in [2.24, 2.45) is 0 Å². The predicted octanol–water partition coefficient (Wildman–Crippen LogP) is 0.523. The molecule has 1 amide bonds. The lowest BCUT2D eigenvalue weighted by Gasteiger charge is -2.19. The first-order valence-corrected chi connectivity index (χ1v) is 5.74. The first kappa shape index (κ1) is 9.80. The van der Waals surface area contributed by atoms with Crippen LogP contribution in [0.15, 0.2) is 0 Å². The monoisotopic (exact) mass is 211 g/mol. The number of carbonyl (C=O) groups is 1. The molecule has 0 aliphatic carbocycles. The molecule has 0 aromatic carbocycles. The summed E-state index contributed by atoms with van der Waals surface area (Å²) in [6.07, 6.45) is 0.895. The number of rotatable bonds is 2. The van der Waals surface area contributed by atoms with Gasteiger partial charge in [-0.2, -0.15) is 0 Å². The molecule has 6 heteroatoms. The van der Waals surface area contributed by atoms with Gasteiger partial charge in [0, 0.05) is 12.5 Å². The Labute approximate surface area is 76.5 Å². The van der Waals surface area contributed by atoms with Crippen molar-refractivity contribution in [3.05, 3.63) is 0 Å². The lowest BCUT2D eigenvalue weighted by atomic mass is 10.3. The van der Waals surface area contributed by atoms with Crippen molar-refractivity contribution in [1.82, 2.24) is 4.31 Å². The van der Waals surface area contributed by atoms with Crippen molar-refractivity contribution in [2.45, 2.75) is 25.8 Å². The summed E-state index contributed by atoms with van der Waals surface area (Å²) in [4.78, 5) is 11.1. The molecule has 1 fully saturated rings. The van der Waals surface area contributed by atoms with Crippen LogP contribution in [-0.2, 0) is 14.8 Å². The molecule has 0 spiro atoms. The highest BCUT2D eigenvalue weighted by molar-refractivity contribution is 7.90. The minimum Gasteiger partial charge on any atom is -0.274 e. The van der Waals surface area contributed by atoms with Gasteiger partial charge in [0.2, 0.25) is 5.91 Å². The molecular weight excluding hydrogens is 202 g/mol. The summed E-state index contributed by atoms with van der Waals surface area (Å²) in [6, 6.07) is -0.235. The Balaban J connectivity index is 2.94. The van der Waals surface area contributed by atoms with Gasteiger partial charge in [-0.25, -0.2) is 12.7 Å². The van der Waals surface area contributed by atoms with Crippen LogP contribution in [0.4, 0.5) is 0 Å². The van der Waals surface area contributed by atoms with Crippen LogP contribution < -0.4 is 0 Å². The van der Waals surface area contributed by atoms with Gasteiger partial charge in [-0.05, 0) is 13.3 Å². The Hall–Kier alpha value is -0.290. The molecule has 0 saturated carbocycles. The molecule has 1 saturated heterocycles. The average Bonchev–Trinajstić information content (AvgIpc) is 2.31. The maximum Gasteiger partial charge on any atom is 0.251 e. The van der Waals surface area contributed by atoms with Crippen LogP contribution in [0.3, 0.4) is 0 Å². The van der Waals surface area contributed by atoms with E-state index in [4.69, 9.17) is 11.6 Å². The normalized spacial score (nSPS) is 25.0. The van der Waals surface area contributed by atoms with E-state index in [2.05, 4.69) is 0 Å². The van der Waals surface area contributed by atoms with Crippen molar-refractivity contribution in [1.29, 1.82) is 0 Å². The van der Waals surface area contributed by atoms with Gasteiger partial charge in [0.1, 0.15) is 5.21 Å². The number of amides is 1. The first-order valence-electron chi connectivity index (χ1n) is 3.60. The van der Waals surface area contributed by atoms with E-state index in [9.17, 15) is 13.2 Å². The molecule has 0 N–H and O–H groups in total. The van der Waals surface area contributed by atoms with E-state index in [-0.39, 0.29) is 11.9 Å². The standard InChI is InChI=1S/C6H10ClNO3S/c1-5-2-3-6(9)8(5)12(10,11)4-7/h5H,2-4H2,1H3. The van der Waals surface area contributed by atoms with Crippen LogP contribution in [0.1, 0.15) is 19.8 Å². The van der Waals surface area contributed by atoms with E-state index in [0.717, 1.165) is 4.31 Å². The number of halogens is 1. The second kappa shape index (κ2) is 3.22. The molecule has 70 valence electrons. The van der Waals surface area contributed by atoms with E-state index in [1.807, 2.05) is 0 Å². The SMILES string of the molecule is CC1CCC(=O)N1S(=O)(=O)CCl. The van der Waals surface area contributed by atoms with Crippen LogP contribution in [0.2, 0.25) is 0 Å². The molecule has 12 heavy (non-hydrogen) atoms. The Morgan fingerprint density at radius 3 is 2.58 bits per heavy atom. The molecule has 1 aliphatic heterocycles. The predicted molar refractivity (Wildman–Crippen MR) is 45.2 cm³/mol. The molecule has 1 aliphatic rings. The maximum atomic E-state index is 11.2. The second-order valence-electron chi connectivity index (χ2n) is 2.80. The Morgan fingerprint density at radius 1 is 1.67 bits per heavy atom. The third-order valence-corrected chi connectivity index (χ3v) is 4.13. The molecule has 1 unspecified atom stereocenters. The topological polar surface area (TPSA) is 54.5 Å². The summed E-state index contributed by atoms with van der Waals surface area (Å²) < 4.78 is 23.3. The number of hydrogen-bond acceptors (Lipinski definition) is 3. The van der Waals surface area contributed by atoms with Crippen LogP contribution in [0.25, 0.3) is 0 Å². The quantitative estimate of drug-likeness (QED) is 0.626. The number of hydrogen-bond donors (Lipinski definition) is 0. The van der Waals surface area contributed by atoms with Gasteiger partial charge in [-0.15, -0.1) is 11.6 Å². The minimum atomic E-state index is -3.55. The van der Waals surface area contributed by atoms with Crippen LogP contribution in [0, 0.1) is 0 Å². The largest absolute Gasteiger partial charge is 0.274 e. The second-order valence-corrected chi connectivity index (χ2v) is 5.23. The highest BCUT2D eigenvalue weighted by Gasteiger charge is 2.36. The van der Waals surface area contributed by atoms with Crippen LogP contribution >= 0.6 is 11.6 Å². The highest BCUT2D eigenvalue weighted by Crippen LogP contribution is 2.22. The number of alkyl halides is 1.